The van der Waals surface area contributed by atoms with Crippen LogP contribution in [0.3, 0.4) is 0 Å². The van der Waals surface area contributed by atoms with Crippen LogP contribution in [0, 0.1) is 0 Å². The number of aromatic amines is 1. The maximum absolute atomic E-state index is 5.11. The molecule has 0 radical (unpaired) electrons. The van der Waals surface area contributed by atoms with Crippen molar-refractivity contribution in [1.29, 1.82) is 0 Å². The largest absolute Gasteiger partial charge is 0.369 e. The van der Waals surface area contributed by atoms with Crippen molar-refractivity contribution in [3.8, 4) is 0 Å². The Hall–Kier alpha value is -0.700. The number of nitrogen functional groups attached to an aromatic ring is 1. The summed E-state index contributed by atoms with van der Waals surface area (Å²) in [5, 5.41) is 0. The summed E-state index contributed by atoms with van der Waals surface area (Å²) in [5.41, 5.74) is 5.11. The Labute approximate surface area is 47.4 Å². The first kappa shape index (κ1) is 6.30. The van der Waals surface area contributed by atoms with Crippen molar-refractivity contribution in [2.75, 3.05) is 5.73 Å². The molecular weight excluding hydrogens is 114 g/mol. The maximum atomic E-state index is 5.11. The second-order valence-electron chi connectivity index (χ2n) is 0.974. The summed E-state index contributed by atoms with van der Waals surface area (Å²) in [6.45, 7) is 0. The lowest BCUT2D eigenvalue weighted by molar-refractivity contribution is 1.33. The van der Waals surface area contributed by atoms with E-state index in [9.17, 15) is 0 Å². The van der Waals surface area contributed by atoms with Gasteiger partial charge in [-0.15, -0.1) is 12.4 Å². The minimum Gasteiger partial charge on any atom is -0.369 e. The normalized spacial score (nSPS) is 7.43. The molecule has 0 aliphatic rings. The molecule has 4 heteroatoms. The SMILES string of the molecule is Cl.Nc1ncc[nH]1. The lowest BCUT2D eigenvalue weighted by Gasteiger charge is -1.70. The minimum atomic E-state index is 0. The second-order valence-corrected chi connectivity index (χ2v) is 0.974. The van der Waals surface area contributed by atoms with Gasteiger partial charge in [0.1, 0.15) is 0 Å². The van der Waals surface area contributed by atoms with Gasteiger partial charge in [-0.05, 0) is 0 Å². The third-order valence-corrected chi connectivity index (χ3v) is 0.519. The molecule has 7 heavy (non-hydrogen) atoms. The van der Waals surface area contributed by atoms with Crippen molar-refractivity contribution in [3.05, 3.63) is 12.4 Å². The van der Waals surface area contributed by atoms with Gasteiger partial charge in [-0.2, -0.15) is 0 Å². The number of nitrogens with one attached hydrogen (secondary N) is 1. The number of imidazole rings is 1. The van der Waals surface area contributed by atoms with Crippen molar-refractivity contribution >= 4 is 18.4 Å². The highest BCUT2D eigenvalue weighted by Gasteiger charge is 1.74. The smallest absolute Gasteiger partial charge is 0.197 e. The predicted octanol–water partition coefficient (Wildman–Crippen LogP) is 0.414. The number of aromatic nitrogens is 2. The molecule has 0 aliphatic heterocycles. The van der Waals surface area contributed by atoms with Gasteiger partial charge in [0, 0.05) is 12.4 Å². The quantitative estimate of drug-likeness (QED) is 0.520. The molecule has 1 heterocycles. The Morgan fingerprint density at radius 2 is 2.43 bits per heavy atom. The van der Waals surface area contributed by atoms with E-state index in [4.69, 9.17) is 5.73 Å². The molecule has 40 valence electrons. The first-order valence-electron chi connectivity index (χ1n) is 1.64. The van der Waals surface area contributed by atoms with Gasteiger partial charge >= 0.3 is 0 Å². The Balaban J connectivity index is 0.000000360. The summed E-state index contributed by atoms with van der Waals surface area (Å²) in [7, 11) is 0. The molecule has 0 unspecified atom stereocenters. The van der Waals surface area contributed by atoms with Gasteiger partial charge in [-0.3, -0.25) is 0 Å². The Bertz CT molecular complexity index is 114. The predicted molar refractivity (Wildman–Crippen MR) is 30.2 cm³/mol. The van der Waals surface area contributed by atoms with Crippen molar-refractivity contribution < 1.29 is 0 Å². The van der Waals surface area contributed by atoms with Gasteiger partial charge < -0.3 is 10.7 Å². The molecule has 1 rings (SSSR count). The molecule has 0 amide bonds. The van der Waals surface area contributed by atoms with E-state index in [1.54, 1.807) is 12.4 Å². The molecule has 3 nitrogen and oxygen atoms in total. The summed E-state index contributed by atoms with van der Waals surface area (Å²) in [6, 6.07) is 0. The fourth-order valence-electron chi connectivity index (χ4n) is 0.277. The number of hydrogen-bond donors (Lipinski definition) is 2. The van der Waals surface area contributed by atoms with Gasteiger partial charge in [0.05, 0.1) is 0 Å². The van der Waals surface area contributed by atoms with E-state index in [0.29, 0.717) is 5.95 Å². The van der Waals surface area contributed by atoms with Crippen LogP contribution in [0.25, 0.3) is 0 Å². The summed E-state index contributed by atoms with van der Waals surface area (Å²) < 4.78 is 0. The lowest BCUT2D eigenvalue weighted by atomic mass is 11.0. The molecule has 3 N–H and O–H groups in total. The topological polar surface area (TPSA) is 54.7 Å². The number of anilines is 1. The first-order valence-corrected chi connectivity index (χ1v) is 1.64. The number of H-pyrrole nitrogens is 1. The number of nitrogens with two attached hydrogens (primary N) is 1. The second kappa shape index (κ2) is 2.47. The van der Waals surface area contributed by atoms with Crippen LogP contribution < -0.4 is 5.73 Å². The summed E-state index contributed by atoms with van der Waals surface area (Å²) in [6.07, 6.45) is 3.28. The molecular formula is C3H6ClN3. The first-order chi connectivity index (χ1) is 2.89. The van der Waals surface area contributed by atoms with Crippen LogP contribution in [0.4, 0.5) is 5.95 Å². The molecule has 0 aromatic carbocycles. The number of rotatable bonds is 0. The van der Waals surface area contributed by atoms with E-state index in [-0.39, 0.29) is 12.4 Å². The van der Waals surface area contributed by atoms with E-state index in [0.717, 1.165) is 0 Å². The van der Waals surface area contributed by atoms with Crippen LogP contribution >= 0.6 is 12.4 Å². The highest BCUT2D eigenvalue weighted by molar-refractivity contribution is 5.85. The van der Waals surface area contributed by atoms with Crippen LogP contribution in [0.2, 0.25) is 0 Å². The third-order valence-electron chi connectivity index (χ3n) is 0.519. The van der Waals surface area contributed by atoms with Crippen LogP contribution in [-0.2, 0) is 0 Å². The van der Waals surface area contributed by atoms with E-state index in [2.05, 4.69) is 9.97 Å². The summed E-state index contributed by atoms with van der Waals surface area (Å²) in [5.74, 6) is 0.468. The maximum Gasteiger partial charge on any atom is 0.197 e. The molecule has 0 spiro atoms. The van der Waals surface area contributed by atoms with Crippen molar-refractivity contribution in [2.24, 2.45) is 0 Å². The highest BCUT2D eigenvalue weighted by Crippen LogP contribution is 1.81. The highest BCUT2D eigenvalue weighted by atomic mass is 35.5. The average Bonchev–Trinajstić information content (AvgIpc) is 1.86. The van der Waals surface area contributed by atoms with Crippen molar-refractivity contribution in [1.82, 2.24) is 9.97 Å². The van der Waals surface area contributed by atoms with E-state index in [1.165, 1.54) is 0 Å². The van der Waals surface area contributed by atoms with Gasteiger partial charge in [-0.25, -0.2) is 4.98 Å². The standard InChI is InChI=1S/C3H5N3.ClH/c4-3-5-1-2-6-3;/h1-2H,(H3,4,5,6);1H. The van der Waals surface area contributed by atoms with E-state index < -0.39 is 0 Å². The van der Waals surface area contributed by atoms with Crippen molar-refractivity contribution in [3.63, 3.8) is 0 Å². The molecule has 0 saturated carbocycles. The molecule has 0 atom stereocenters. The van der Waals surface area contributed by atoms with Gasteiger partial charge in [0.15, 0.2) is 5.95 Å². The average molecular weight is 120 g/mol. The summed E-state index contributed by atoms with van der Waals surface area (Å²) >= 11 is 0. The fourth-order valence-corrected chi connectivity index (χ4v) is 0.277. The number of hydrogen-bond acceptors (Lipinski definition) is 2. The molecule has 0 fully saturated rings. The van der Waals surface area contributed by atoms with Gasteiger partial charge in [0.2, 0.25) is 0 Å². The third kappa shape index (κ3) is 1.45. The molecule has 0 aliphatic carbocycles. The van der Waals surface area contributed by atoms with Gasteiger partial charge in [0.25, 0.3) is 0 Å². The van der Waals surface area contributed by atoms with Gasteiger partial charge in [-0.1, -0.05) is 0 Å². The fraction of sp³-hybridized carbons (Fsp3) is 0. The molecule has 1 aromatic heterocycles. The Morgan fingerprint density at radius 1 is 1.71 bits per heavy atom. The van der Waals surface area contributed by atoms with Crippen LogP contribution in [0.5, 0.6) is 0 Å². The zero-order chi connectivity index (χ0) is 4.41. The molecule has 1 aromatic rings. The zero-order valence-electron chi connectivity index (χ0n) is 3.59. The molecule has 0 bridgehead atoms. The Kier molecular flexibility index (Phi) is 2.22. The minimum absolute atomic E-state index is 0. The summed E-state index contributed by atoms with van der Waals surface area (Å²) in [4.78, 5) is 6.31. The molecule has 0 saturated heterocycles. The van der Waals surface area contributed by atoms with Crippen LogP contribution in [-0.4, -0.2) is 9.97 Å². The monoisotopic (exact) mass is 119 g/mol. The van der Waals surface area contributed by atoms with E-state index in [1.807, 2.05) is 0 Å². The van der Waals surface area contributed by atoms with Crippen LogP contribution in [0.1, 0.15) is 0 Å². The Morgan fingerprint density at radius 3 is 2.57 bits per heavy atom. The number of nitrogens with zero attached hydrogens (tertiary/aromatic N) is 1. The van der Waals surface area contributed by atoms with Crippen molar-refractivity contribution in [2.45, 2.75) is 0 Å². The number of halogens is 1. The van der Waals surface area contributed by atoms with Crippen LogP contribution in [0.15, 0.2) is 12.4 Å². The van der Waals surface area contributed by atoms with E-state index >= 15 is 0 Å². The lowest BCUT2D eigenvalue weighted by Crippen LogP contribution is -1.83. The zero-order valence-corrected chi connectivity index (χ0v) is 4.40.